The van der Waals surface area contributed by atoms with Crippen LogP contribution < -0.4 is 24.8 Å². The van der Waals surface area contributed by atoms with E-state index in [4.69, 9.17) is 0 Å². The zero-order chi connectivity index (χ0) is 11.6. The van der Waals surface area contributed by atoms with Gasteiger partial charge in [0.15, 0.2) is 0 Å². The van der Waals surface area contributed by atoms with Crippen LogP contribution >= 0.6 is 0 Å². The Kier molecular flexibility index (Phi) is 16.8. The van der Waals surface area contributed by atoms with Crippen molar-refractivity contribution in [3.05, 3.63) is 44.2 Å². The Labute approximate surface area is 142 Å². The summed E-state index contributed by atoms with van der Waals surface area (Å²) in [5.41, 5.74) is 0. The molecule has 0 bridgehead atoms. The Bertz CT molecular complexity index is 290. The average Bonchev–Trinajstić information content (AvgIpc) is 2.94. The SMILES string of the molecule is C1=CC[C]([Ti+2][C]2=CC=CC2)=C1.[Cl-].[Cl-].[Li][CH2]CCC. The van der Waals surface area contributed by atoms with Crippen LogP contribution in [0, 0.1) is 0 Å². The monoisotopic (exact) mass is 312 g/mol. The standard InChI is InChI=1S/2C5H5.C4H9.2ClH.Li.Ti/c2*1-2-4-5-3-1;1-3-4-2;;;;/h2*1-3H,4H2;1,3-4H2,2H3;2*1H;;/q;;;;;;+2/p-2. The molecule has 0 fully saturated rings. The normalized spacial score (nSPS) is 14.6. The van der Waals surface area contributed by atoms with Crippen LogP contribution in [-0.2, 0) is 19.2 Å². The minimum atomic E-state index is 0. The van der Waals surface area contributed by atoms with Gasteiger partial charge >= 0.3 is 119 Å². The second-order valence-corrected chi connectivity index (χ2v) is 6.52. The second kappa shape index (κ2) is 14.3. The van der Waals surface area contributed by atoms with Crippen molar-refractivity contribution in [2.24, 2.45) is 0 Å². The molecule has 18 heavy (non-hydrogen) atoms. The molecule has 0 saturated heterocycles. The molecule has 0 radical (unpaired) electrons. The first-order valence-corrected chi connectivity index (χ1v) is 7.91. The molecule has 0 aromatic rings. The van der Waals surface area contributed by atoms with Gasteiger partial charge in [-0.3, -0.25) is 0 Å². The summed E-state index contributed by atoms with van der Waals surface area (Å²) in [6, 6.07) is 0. The fourth-order valence-electron chi connectivity index (χ4n) is 1.64. The van der Waals surface area contributed by atoms with Crippen molar-refractivity contribution >= 4 is 17.7 Å². The van der Waals surface area contributed by atoms with E-state index in [-0.39, 0.29) is 44.0 Å². The summed E-state index contributed by atoms with van der Waals surface area (Å²) >= 11 is 2.30. The summed E-state index contributed by atoms with van der Waals surface area (Å²) in [6.07, 6.45) is 18.6. The molecule has 0 heterocycles. The van der Waals surface area contributed by atoms with Crippen LogP contribution in [0.25, 0.3) is 0 Å². The van der Waals surface area contributed by atoms with Crippen LogP contribution in [0.2, 0.25) is 5.09 Å². The third-order valence-electron chi connectivity index (χ3n) is 2.57. The fraction of sp³-hybridized carbons (Fsp3) is 0.429. The number of hydrogen-bond donors (Lipinski definition) is 0. The van der Waals surface area contributed by atoms with Crippen molar-refractivity contribution in [3.63, 3.8) is 0 Å². The fourth-order valence-corrected chi connectivity index (χ4v) is 3.53. The number of hydrogen-bond acceptors (Lipinski definition) is 0. The van der Waals surface area contributed by atoms with Crippen LogP contribution in [0.15, 0.2) is 44.2 Å². The van der Waals surface area contributed by atoms with Crippen LogP contribution in [0.5, 0.6) is 0 Å². The van der Waals surface area contributed by atoms with E-state index in [1.165, 1.54) is 30.8 Å². The quantitative estimate of drug-likeness (QED) is 0.534. The van der Waals surface area contributed by atoms with E-state index >= 15 is 0 Å². The Hall–Kier alpha value is 0.852. The molecule has 4 heteroatoms. The van der Waals surface area contributed by atoms with Crippen molar-refractivity contribution < 1.29 is 44.0 Å². The van der Waals surface area contributed by atoms with Gasteiger partial charge in [-0.25, -0.2) is 0 Å². The molecule has 0 spiro atoms. The summed E-state index contributed by atoms with van der Waals surface area (Å²) in [7, 11) is 0. The molecular weight excluding hydrogens is 294 g/mol. The predicted octanol–water partition coefficient (Wildman–Crippen LogP) is -1.86. The molecule has 0 aromatic heterocycles. The van der Waals surface area contributed by atoms with Gasteiger partial charge < -0.3 is 24.8 Å². The van der Waals surface area contributed by atoms with Gasteiger partial charge in [0.2, 0.25) is 0 Å². The van der Waals surface area contributed by atoms with Crippen molar-refractivity contribution in [3.8, 4) is 0 Å². The minimum absolute atomic E-state index is 0. The van der Waals surface area contributed by atoms with Gasteiger partial charge in [-0.1, -0.05) is 0 Å². The number of allylic oxidation sites excluding steroid dienone is 8. The first-order valence-electron chi connectivity index (χ1n) is 6.35. The first kappa shape index (κ1) is 21.2. The van der Waals surface area contributed by atoms with Crippen LogP contribution in [0.4, 0.5) is 0 Å². The van der Waals surface area contributed by atoms with Crippen molar-refractivity contribution in [1.29, 1.82) is 0 Å². The topological polar surface area (TPSA) is 0 Å². The molecule has 0 amide bonds. The Balaban J connectivity index is 0. The Morgan fingerprint density at radius 2 is 1.56 bits per heavy atom. The molecule has 0 unspecified atom stereocenters. The van der Waals surface area contributed by atoms with Crippen LogP contribution in [0.3, 0.4) is 0 Å². The maximum absolute atomic E-state index is 2.29. The maximum atomic E-state index is 2.29. The van der Waals surface area contributed by atoms with E-state index in [1.807, 2.05) is 0 Å². The van der Waals surface area contributed by atoms with Crippen molar-refractivity contribution in [2.45, 2.75) is 37.7 Å². The summed E-state index contributed by atoms with van der Waals surface area (Å²) in [5.74, 6) is 0. The summed E-state index contributed by atoms with van der Waals surface area (Å²) in [5, 5.41) is 1.34. The van der Waals surface area contributed by atoms with Crippen molar-refractivity contribution in [1.82, 2.24) is 0 Å². The van der Waals surface area contributed by atoms with Gasteiger partial charge in [0.1, 0.15) is 0 Å². The van der Waals surface area contributed by atoms with Gasteiger partial charge in [0.05, 0.1) is 0 Å². The van der Waals surface area contributed by atoms with Gasteiger partial charge in [-0.05, 0) is 0 Å². The average molecular weight is 313 g/mol. The van der Waals surface area contributed by atoms with E-state index in [9.17, 15) is 0 Å². The van der Waals surface area contributed by atoms with E-state index in [1.54, 1.807) is 7.76 Å². The molecule has 0 aliphatic heterocycles. The van der Waals surface area contributed by atoms with Gasteiger partial charge in [0.25, 0.3) is 0 Å². The molecule has 2 aliphatic rings. The zero-order valence-corrected chi connectivity index (χ0v) is 14.3. The van der Waals surface area contributed by atoms with E-state index in [0.717, 1.165) is 0 Å². The molecule has 2 rings (SSSR count). The second-order valence-electron chi connectivity index (χ2n) is 4.13. The molecule has 0 saturated carbocycles. The number of halogens is 2. The van der Waals surface area contributed by atoms with E-state index < -0.39 is 0 Å². The summed E-state index contributed by atoms with van der Waals surface area (Å²) in [6.45, 7) is 2.21. The first-order chi connectivity index (χ1) is 7.86. The predicted molar refractivity (Wildman–Crippen MR) is 69.1 cm³/mol. The Morgan fingerprint density at radius 3 is 1.78 bits per heavy atom. The van der Waals surface area contributed by atoms with Gasteiger partial charge in [-0.2, -0.15) is 0 Å². The molecule has 0 nitrogen and oxygen atoms in total. The number of rotatable bonds is 4. The molecule has 2 aliphatic carbocycles. The number of unbranched alkanes of at least 4 members (excludes halogenated alkanes) is 1. The van der Waals surface area contributed by atoms with Crippen LogP contribution in [0.1, 0.15) is 32.6 Å². The molecular formula is C14H19Cl2LiTi. The third kappa shape index (κ3) is 9.74. The molecule has 0 aromatic carbocycles. The summed E-state index contributed by atoms with van der Waals surface area (Å²) < 4.78 is 3.36. The molecule has 94 valence electrons. The van der Waals surface area contributed by atoms with Crippen LogP contribution in [-0.4, -0.2) is 17.7 Å². The van der Waals surface area contributed by atoms with Crippen molar-refractivity contribution in [2.75, 3.05) is 0 Å². The molecule has 0 atom stereocenters. The zero-order valence-electron chi connectivity index (χ0n) is 11.3. The van der Waals surface area contributed by atoms with E-state index in [0.29, 0.717) is 0 Å². The Morgan fingerprint density at radius 1 is 1.06 bits per heavy atom. The molecule has 0 N–H and O–H groups in total. The van der Waals surface area contributed by atoms with Gasteiger partial charge in [-0.15, -0.1) is 0 Å². The third-order valence-corrected chi connectivity index (χ3v) is 4.73. The van der Waals surface area contributed by atoms with Gasteiger partial charge in [0, 0.05) is 0 Å². The van der Waals surface area contributed by atoms with E-state index in [2.05, 4.69) is 61.1 Å². The summed E-state index contributed by atoms with van der Waals surface area (Å²) in [4.78, 5) is 0.